The van der Waals surface area contributed by atoms with Gasteiger partial charge >= 0.3 is 0 Å². The average molecular weight is 489 g/mol. The minimum Gasteiger partial charge on any atom is -0.497 e. The van der Waals surface area contributed by atoms with E-state index in [1.807, 2.05) is 55.6 Å². The van der Waals surface area contributed by atoms with E-state index in [-0.39, 0.29) is 17.7 Å². The molecule has 2 amide bonds. The van der Waals surface area contributed by atoms with Gasteiger partial charge in [-0.15, -0.1) is 0 Å². The van der Waals surface area contributed by atoms with E-state index in [0.29, 0.717) is 42.4 Å². The first-order valence-electron chi connectivity index (χ1n) is 11.9. The summed E-state index contributed by atoms with van der Waals surface area (Å²) in [6.07, 6.45) is 0. The van der Waals surface area contributed by atoms with Crippen molar-refractivity contribution in [1.29, 1.82) is 0 Å². The molecule has 1 aliphatic heterocycles. The fourth-order valence-electron chi connectivity index (χ4n) is 4.82. The number of likely N-dealkylation sites (tertiary alicyclic amines) is 1. The predicted molar refractivity (Wildman–Crippen MR) is 138 cm³/mol. The molecule has 2 unspecified atom stereocenters. The molecular weight excluding hydrogens is 456 g/mol. The lowest BCUT2D eigenvalue weighted by molar-refractivity contribution is -0.134. The van der Waals surface area contributed by atoms with E-state index in [9.17, 15) is 9.59 Å². The molecule has 0 aliphatic carbocycles. The van der Waals surface area contributed by atoms with Gasteiger partial charge in [-0.2, -0.15) is 0 Å². The van der Waals surface area contributed by atoms with Gasteiger partial charge in [-0.05, 0) is 42.0 Å². The van der Waals surface area contributed by atoms with E-state index in [1.54, 1.807) is 55.4 Å². The Labute approximate surface area is 212 Å². The number of methoxy groups -OCH3 is 3. The van der Waals surface area contributed by atoms with Gasteiger partial charge in [0.05, 0.1) is 27.2 Å². The van der Waals surface area contributed by atoms with E-state index in [2.05, 4.69) is 0 Å². The van der Waals surface area contributed by atoms with Gasteiger partial charge in [-0.3, -0.25) is 9.59 Å². The molecule has 36 heavy (non-hydrogen) atoms. The number of hydrogen-bond donors (Lipinski definition) is 0. The van der Waals surface area contributed by atoms with Crippen molar-refractivity contribution in [3.8, 4) is 17.2 Å². The summed E-state index contributed by atoms with van der Waals surface area (Å²) in [4.78, 5) is 30.8. The Kier molecular flexibility index (Phi) is 7.78. The highest BCUT2D eigenvalue weighted by atomic mass is 16.5. The van der Waals surface area contributed by atoms with Crippen molar-refractivity contribution in [2.45, 2.75) is 12.5 Å². The van der Waals surface area contributed by atoms with Crippen LogP contribution in [-0.4, -0.2) is 63.1 Å². The molecule has 1 aliphatic rings. The SMILES string of the molecule is COc1cccc(C(=O)N2CC(C(=O)N(C)Cc3ccccc3)C(c3cc(OC)ccc3OC)C2)c1. The van der Waals surface area contributed by atoms with Crippen molar-refractivity contribution in [3.05, 3.63) is 89.5 Å². The average Bonchev–Trinajstić information content (AvgIpc) is 3.37. The highest BCUT2D eigenvalue weighted by Crippen LogP contribution is 2.40. The number of ether oxygens (including phenoxy) is 3. The summed E-state index contributed by atoms with van der Waals surface area (Å²) >= 11 is 0. The summed E-state index contributed by atoms with van der Waals surface area (Å²) in [5.74, 6) is 1.11. The second-order valence-electron chi connectivity index (χ2n) is 8.94. The van der Waals surface area contributed by atoms with Crippen LogP contribution in [0.1, 0.15) is 27.4 Å². The zero-order chi connectivity index (χ0) is 25.7. The van der Waals surface area contributed by atoms with Crippen LogP contribution in [0.2, 0.25) is 0 Å². The van der Waals surface area contributed by atoms with Gasteiger partial charge in [0.25, 0.3) is 5.91 Å². The third-order valence-electron chi connectivity index (χ3n) is 6.72. The van der Waals surface area contributed by atoms with Crippen LogP contribution in [0.3, 0.4) is 0 Å². The summed E-state index contributed by atoms with van der Waals surface area (Å²) in [6.45, 7) is 1.18. The van der Waals surface area contributed by atoms with Gasteiger partial charge in [0.1, 0.15) is 17.2 Å². The molecule has 3 aromatic carbocycles. The molecule has 1 heterocycles. The van der Waals surface area contributed by atoms with Crippen LogP contribution in [0.15, 0.2) is 72.8 Å². The zero-order valence-corrected chi connectivity index (χ0v) is 21.1. The minimum atomic E-state index is -0.436. The summed E-state index contributed by atoms with van der Waals surface area (Å²) < 4.78 is 16.4. The Hall–Kier alpha value is -4.00. The third kappa shape index (κ3) is 5.30. The minimum absolute atomic E-state index is 0.0188. The first kappa shape index (κ1) is 25.1. The summed E-state index contributed by atoms with van der Waals surface area (Å²) in [5, 5.41) is 0. The molecule has 2 atom stereocenters. The molecule has 0 bridgehead atoms. The predicted octanol–water partition coefficient (Wildman–Crippen LogP) is 4.23. The second-order valence-corrected chi connectivity index (χ2v) is 8.94. The van der Waals surface area contributed by atoms with Gasteiger partial charge in [0.2, 0.25) is 5.91 Å². The number of rotatable bonds is 8. The van der Waals surface area contributed by atoms with Crippen molar-refractivity contribution < 1.29 is 23.8 Å². The van der Waals surface area contributed by atoms with Gasteiger partial charge in [-0.1, -0.05) is 36.4 Å². The molecule has 4 rings (SSSR count). The van der Waals surface area contributed by atoms with Crippen molar-refractivity contribution in [3.63, 3.8) is 0 Å². The van der Waals surface area contributed by atoms with E-state index >= 15 is 0 Å². The lowest BCUT2D eigenvalue weighted by Crippen LogP contribution is -2.36. The summed E-state index contributed by atoms with van der Waals surface area (Å²) in [5.41, 5.74) is 2.42. The fourth-order valence-corrected chi connectivity index (χ4v) is 4.82. The molecule has 0 spiro atoms. The molecule has 1 saturated heterocycles. The Bertz CT molecular complexity index is 1210. The number of carbonyl (C=O) groups is 2. The molecule has 0 aromatic heterocycles. The Balaban J connectivity index is 1.67. The number of benzene rings is 3. The van der Waals surface area contributed by atoms with Crippen LogP contribution in [0.5, 0.6) is 17.2 Å². The third-order valence-corrected chi connectivity index (χ3v) is 6.72. The second kappa shape index (κ2) is 11.2. The molecule has 3 aromatic rings. The lowest BCUT2D eigenvalue weighted by Gasteiger charge is -2.25. The molecular formula is C29H32N2O5. The molecule has 0 saturated carbocycles. The van der Waals surface area contributed by atoms with Crippen molar-refractivity contribution in [1.82, 2.24) is 9.80 Å². The van der Waals surface area contributed by atoms with E-state index in [0.717, 1.165) is 11.1 Å². The maximum absolute atomic E-state index is 13.8. The molecule has 0 N–H and O–H groups in total. The largest absolute Gasteiger partial charge is 0.497 e. The Morgan fingerprint density at radius 3 is 2.28 bits per heavy atom. The van der Waals surface area contributed by atoms with Crippen LogP contribution in [0.25, 0.3) is 0 Å². The number of amides is 2. The number of nitrogens with zero attached hydrogens (tertiary/aromatic N) is 2. The normalized spacial score (nSPS) is 16.9. The van der Waals surface area contributed by atoms with Crippen molar-refractivity contribution >= 4 is 11.8 Å². The molecule has 7 nitrogen and oxygen atoms in total. The summed E-state index contributed by atoms with van der Waals surface area (Å²) in [7, 11) is 6.59. The smallest absolute Gasteiger partial charge is 0.254 e. The molecule has 1 fully saturated rings. The van der Waals surface area contributed by atoms with Gasteiger partial charge in [0.15, 0.2) is 0 Å². The van der Waals surface area contributed by atoms with Crippen LogP contribution in [-0.2, 0) is 11.3 Å². The maximum atomic E-state index is 13.8. The molecule has 188 valence electrons. The van der Waals surface area contributed by atoms with Gasteiger partial charge < -0.3 is 24.0 Å². The number of carbonyl (C=O) groups excluding carboxylic acids is 2. The zero-order valence-electron chi connectivity index (χ0n) is 21.1. The standard InChI is InChI=1S/C29H32N2O5/c1-30(17-20-9-6-5-7-10-20)29(33)26-19-31(28(32)21-11-8-12-22(15-21)34-2)18-25(26)24-16-23(35-3)13-14-27(24)36-4/h5-16,25-26H,17-19H2,1-4H3. The van der Waals surface area contributed by atoms with E-state index in [4.69, 9.17) is 14.2 Å². The first-order valence-corrected chi connectivity index (χ1v) is 11.9. The molecule has 0 radical (unpaired) electrons. The Morgan fingerprint density at radius 1 is 0.861 bits per heavy atom. The van der Waals surface area contributed by atoms with Crippen LogP contribution in [0, 0.1) is 5.92 Å². The first-order chi connectivity index (χ1) is 17.4. The quantitative estimate of drug-likeness (QED) is 0.475. The highest BCUT2D eigenvalue weighted by Gasteiger charge is 2.43. The van der Waals surface area contributed by atoms with Crippen molar-refractivity contribution in [2.24, 2.45) is 5.92 Å². The topological polar surface area (TPSA) is 68.3 Å². The number of hydrogen-bond acceptors (Lipinski definition) is 5. The summed E-state index contributed by atoms with van der Waals surface area (Å²) in [6, 6.07) is 22.5. The van der Waals surface area contributed by atoms with E-state index in [1.165, 1.54) is 0 Å². The van der Waals surface area contributed by atoms with Gasteiger partial charge in [0, 0.05) is 43.7 Å². The van der Waals surface area contributed by atoms with Crippen LogP contribution >= 0.6 is 0 Å². The highest BCUT2D eigenvalue weighted by molar-refractivity contribution is 5.95. The van der Waals surface area contributed by atoms with Crippen molar-refractivity contribution in [2.75, 3.05) is 41.5 Å². The van der Waals surface area contributed by atoms with Crippen LogP contribution in [0.4, 0.5) is 0 Å². The fraction of sp³-hybridized carbons (Fsp3) is 0.310. The lowest BCUT2D eigenvalue weighted by atomic mass is 9.87. The molecule has 7 heteroatoms. The van der Waals surface area contributed by atoms with E-state index < -0.39 is 5.92 Å². The van der Waals surface area contributed by atoms with Crippen LogP contribution < -0.4 is 14.2 Å². The monoisotopic (exact) mass is 488 g/mol. The van der Waals surface area contributed by atoms with Gasteiger partial charge in [-0.25, -0.2) is 0 Å². The maximum Gasteiger partial charge on any atom is 0.254 e. The Morgan fingerprint density at radius 2 is 1.58 bits per heavy atom.